The molecule has 0 saturated carbocycles. The molecule has 2 aromatic rings. The zero-order valence-corrected chi connectivity index (χ0v) is 11.8. The first kappa shape index (κ1) is 14.2. The van der Waals surface area contributed by atoms with Gasteiger partial charge in [-0.2, -0.15) is 5.26 Å². The third kappa shape index (κ3) is 3.00. The van der Waals surface area contributed by atoms with E-state index in [4.69, 9.17) is 15.7 Å². The Morgan fingerprint density at radius 1 is 1.40 bits per heavy atom. The van der Waals surface area contributed by atoms with Gasteiger partial charge in [-0.3, -0.25) is 0 Å². The molecule has 104 valence electrons. The summed E-state index contributed by atoms with van der Waals surface area (Å²) >= 11 is 1.27. The smallest absolute Gasteiger partial charge is 0.177 e. The zero-order valence-electron chi connectivity index (χ0n) is 10.9. The molecule has 0 aliphatic rings. The summed E-state index contributed by atoms with van der Waals surface area (Å²) in [5.41, 5.74) is 7.20. The lowest BCUT2D eigenvalue weighted by Crippen LogP contribution is -2.04. The summed E-state index contributed by atoms with van der Waals surface area (Å²) < 4.78 is 18.0. The maximum atomic E-state index is 12.8. The molecule has 2 rings (SSSR count). The van der Waals surface area contributed by atoms with Gasteiger partial charge in [0.15, 0.2) is 5.75 Å². The van der Waals surface area contributed by atoms with E-state index in [1.807, 2.05) is 6.07 Å². The number of rotatable bonds is 5. The van der Waals surface area contributed by atoms with Crippen molar-refractivity contribution in [2.45, 2.75) is 6.42 Å². The van der Waals surface area contributed by atoms with Crippen LogP contribution in [-0.2, 0) is 6.42 Å². The third-order valence-electron chi connectivity index (χ3n) is 2.82. The molecule has 20 heavy (non-hydrogen) atoms. The fourth-order valence-corrected chi connectivity index (χ4v) is 2.71. The van der Waals surface area contributed by atoms with Gasteiger partial charge in [0.25, 0.3) is 0 Å². The van der Waals surface area contributed by atoms with Crippen molar-refractivity contribution in [3.8, 4) is 11.8 Å². The largest absolute Gasteiger partial charge is 0.492 e. The highest BCUT2D eigenvalue weighted by Crippen LogP contribution is 2.41. The predicted octanol–water partition coefficient (Wildman–Crippen LogP) is 3.00. The number of benzene rings is 1. The number of methoxy groups -OCH3 is 1. The van der Waals surface area contributed by atoms with Gasteiger partial charge in [0.2, 0.25) is 0 Å². The molecule has 0 spiro atoms. The zero-order chi connectivity index (χ0) is 14.5. The van der Waals surface area contributed by atoms with Crippen molar-refractivity contribution in [2.24, 2.45) is 0 Å². The molecular formula is C14H14FN3OS. The van der Waals surface area contributed by atoms with Gasteiger partial charge in [0.05, 0.1) is 7.11 Å². The summed E-state index contributed by atoms with van der Waals surface area (Å²) in [6.07, 6.45) is 0.739. The predicted molar refractivity (Wildman–Crippen MR) is 78.6 cm³/mol. The van der Waals surface area contributed by atoms with Gasteiger partial charge < -0.3 is 15.8 Å². The molecule has 3 N–H and O–H groups in total. The molecule has 1 aromatic heterocycles. The van der Waals surface area contributed by atoms with Gasteiger partial charge >= 0.3 is 0 Å². The number of anilines is 2. The molecule has 0 bridgehead atoms. The van der Waals surface area contributed by atoms with Crippen LogP contribution >= 0.6 is 11.3 Å². The fourth-order valence-electron chi connectivity index (χ4n) is 1.80. The molecule has 0 fully saturated rings. The van der Waals surface area contributed by atoms with Crippen LogP contribution in [0.3, 0.4) is 0 Å². The van der Waals surface area contributed by atoms with Crippen LogP contribution in [0.5, 0.6) is 5.75 Å². The Hall–Kier alpha value is -2.26. The Balaban J connectivity index is 2.01. The molecule has 0 aliphatic carbocycles. The average Bonchev–Trinajstić information content (AvgIpc) is 2.76. The Bertz CT molecular complexity index is 631. The molecule has 0 amide bonds. The van der Waals surface area contributed by atoms with Gasteiger partial charge in [-0.1, -0.05) is 12.1 Å². The van der Waals surface area contributed by atoms with Crippen molar-refractivity contribution in [1.82, 2.24) is 0 Å². The lowest BCUT2D eigenvalue weighted by atomic mass is 10.1. The SMILES string of the molecule is COc1c(NCCc2ccc(F)cc2)sc(C#N)c1N. The van der Waals surface area contributed by atoms with E-state index in [0.29, 0.717) is 22.9 Å². The molecule has 0 unspecified atom stereocenters. The number of nitrogens with one attached hydrogen (secondary N) is 1. The molecule has 1 heterocycles. The maximum Gasteiger partial charge on any atom is 0.177 e. The monoisotopic (exact) mass is 291 g/mol. The second-order valence-corrected chi connectivity index (χ2v) is 5.14. The minimum absolute atomic E-state index is 0.243. The topological polar surface area (TPSA) is 71.1 Å². The second kappa shape index (κ2) is 6.26. The van der Waals surface area contributed by atoms with Gasteiger partial charge in [-0.15, -0.1) is 11.3 Å². The molecule has 1 aromatic carbocycles. The van der Waals surface area contributed by atoms with E-state index in [9.17, 15) is 4.39 Å². The summed E-state index contributed by atoms with van der Waals surface area (Å²) in [5.74, 6) is 0.263. The Morgan fingerprint density at radius 3 is 2.70 bits per heavy atom. The van der Waals surface area contributed by atoms with Gasteiger partial charge in [-0.05, 0) is 24.1 Å². The van der Waals surface area contributed by atoms with Crippen LogP contribution in [0.2, 0.25) is 0 Å². The highest BCUT2D eigenvalue weighted by atomic mass is 32.1. The number of thiophene rings is 1. The minimum atomic E-state index is -0.243. The Morgan fingerprint density at radius 2 is 2.10 bits per heavy atom. The number of ether oxygens (including phenoxy) is 1. The summed E-state index contributed by atoms with van der Waals surface area (Å²) in [7, 11) is 1.52. The van der Waals surface area contributed by atoms with Crippen molar-refractivity contribution in [2.75, 3.05) is 24.7 Å². The number of hydrogen-bond donors (Lipinski definition) is 2. The standard InChI is InChI=1S/C14H14FN3OS/c1-19-13-12(17)11(8-16)20-14(13)18-7-6-9-2-4-10(15)5-3-9/h2-5,18H,6-7,17H2,1H3. The molecular weight excluding hydrogens is 277 g/mol. The van der Waals surface area contributed by atoms with Crippen molar-refractivity contribution < 1.29 is 9.13 Å². The van der Waals surface area contributed by atoms with Crippen molar-refractivity contribution in [3.63, 3.8) is 0 Å². The summed E-state index contributed by atoms with van der Waals surface area (Å²) in [4.78, 5) is 0.436. The molecule has 0 radical (unpaired) electrons. The minimum Gasteiger partial charge on any atom is -0.492 e. The van der Waals surface area contributed by atoms with Crippen LogP contribution in [0.25, 0.3) is 0 Å². The molecule has 0 saturated heterocycles. The second-order valence-electron chi connectivity index (χ2n) is 4.12. The number of nitrogens with two attached hydrogens (primary N) is 1. The molecule has 4 nitrogen and oxygen atoms in total. The van der Waals surface area contributed by atoms with E-state index in [-0.39, 0.29) is 5.82 Å². The van der Waals surface area contributed by atoms with Crippen molar-refractivity contribution >= 4 is 22.0 Å². The van der Waals surface area contributed by atoms with Gasteiger partial charge in [-0.25, -0.2) is 4.39 Å². The van der Waals surface area contributed by atoms with E-state index in [1.165, 1.54) is 30.6 Å². The lowest BCUT2D eigenvalue weighted by Gasteiger charge is -2.07. The average molecular weight is 291 g/mol. The van der Waals surface area contributed by atoms with Gasteiger partial charge in [0.1, 0.15) is 27.5 Å². The van der Waals surface area contributed by atoms with E-state index in [0.717, 1.165) is 17.0 Å². The van der Waals surface area contributed by atoms with Crippen molar-refractivity contribution in [3.05, 3.63) is 40.5 Å². The molecule has 0 atom stereocenters. The first-order chi connectivity index (χ1) is 9.65. The number of nitrogen functional groups attached to an aromatic ring is 1. The Labute approximate surface area is 120 Å². The van der Waals surface area contributed by atoms with Crippen LogP contribution in [0.4, 0.5) is 15.1 Å². The number of nitrogens with zero attached hydrogens (tertiary/aromatic N) is 1. The number of nitriles is 1. The van der Waals surface area contributed by atoms with E-state index in [1.54, 1.807) is 12.1 Å². The number of halogens is 1. The van der Waals surface area contributed by atoms with Crippen LogP contribution < -0.4 is 15.8 Å². The quantitative estimate of drug-likeness (QED) is 0.888. The first-order valence-corrected chi connectivity index (χ1v) is 6.82. The highest BCUT2D eigenvalue weighted by Gasteiger charge is 2.15. The Kier molecular flexibility index (Phi) is 4.43. The summed E-state index contributed by atoms with van der Waals surface area (Å²) in [5, 5.41) is 12.9. The highest BCUT2D eigenvalue weighted by molar-refractivity contribution is 7.17. The van der Waals surface area contributed by atoms with E-state index < -0.39 is 0 Å². The van der Waals surface area contributed by atoms with E-state index >= 15 is 0 Å². The van der Waals surface area contributed by atoms with Crippen LogP contribution in [-0.4, -0.2) is 13.7 Å². The van der Waals surface area contributed by atoms with Crippen molar-refractivity contribution in [1.29, 1.82) is 5.26 Å². The summed E-state index contributed by atoms with van der Waals surface area (Å²) in [6.45, 7) is 0.646. The van der Waals surface area contributed by atoms with Gasteiger partial charge in [0, 0.05) is 6.54 Å². The van der Waals surface area contributed by atoms with Crippen LogP contribution in [0, 0.1) is 17.1 Å². The summed E-state index contributed by atoms with van der Waals surface area (Å²) in [6, 6.07) is 8.41. The normalized spacial score (nSPS) is 10.1. The molecule has 6 heteroatoms. The van der Waals surface area contributed by atoms with Crippen LogP contribution in [0.1, 0.15) is 10.4 Å². The van der Waals surface area contributed by atoms with E-state index in [2.05, 4.69) is 5.32 Å². The third-order valence-corrected chi connectivity index (χ3v) is 3.87. The maximum absolute atomic E-state index is 12.8. The molecule has 0 aliphatic heterocycles. The lowest BCUT2D eigenvalue weighted by molar-refractivity contribution is 0.420. The fraction of sp³-hybridized carbons (Fsp3) is 0.214. The number of hydrogen-bond acceptors (Lipinski definition) is 5. The first-order valence-electron chi connectivity index (χ1n) is 6.00. The van der Waals surface area contributed by atoms with Crippen LogP contribution in [0.15, 0.2) is 24.3 Å².